The molecule has 0 bridgehead atoms. The smallest absolute Gasteiger partial charge is 0.0568 e. The summed E-state index contributed by atoms with van der Waals surface area (Å²) in [7, 11) is 0. The van der Waals surface area contributed by atoms with Crippen molar-refractivity contribution in [3.63, 3.8) is 0 Å². The van der Waals surface area contributed by atoms with Crippen LogP contribution in [-0.2, 0) is 0 Å². The third-order valence-electron chi connectivity index (χ3n) is 3.68. The van der Waals surface area contributed by atoms with Gasteiger partial charge in [0.25, 0.3) is 0 Å². The van der Waals surface area contributed by atoms with Gasteiger partial charge in [0.05, 0.1) is 6.10 Å². The van der Waals surface area contributed by atoms with E-state index in [-0.39, 0.29) is 6.10 Å². The first-order valence-electron chi connectivity index (χ1n) is 7.39. The third kappa shape index (κ3) is 5.87. The fourth-order valence-electron chi connectivity index (χ4n) is 2.99. The molecule has 1 saturated carbocycles. The van der Waals surface area contributed by atoms with Crippen LogP contribution in [0, 0.1) is 17.8 Å². The van der Waals surface area contributed by atoms with Gasteiger partial charge in [-0.3, -0.25) is 0 Å². The molecule has 1 rings (SSSR count). The minimum Gasteiger partial charge on any atom is -0.393 e. The van der Waals surface area contributed by atoms with Crippen LogP contribution in [0.15, 0.2) is 0 Å². The van der Waals surface area contributed by atoms with Gasteiger partial charge in [0.2, 0.25) is 0 Å². The molecule has 2 nitrogen and oxygen atoms in total. The van der Waals surface area contributed by atoms with Gasteiger partial charge in [-0.05, 0) is 43.6 Å². The van der Waals surface area contributed by atoms with E-state index in [1.807, 2.05) is 0 Å². The predicted molar refractivity (Wildman–Crippen MR) is 74.1 cm³/mol. The number of rotatable bonds is 7. The van der Waals surface area contributed by atoms with Crippen molar-refractivity contribution in [2.24, 2.45) is 17.8 Å². The molecule has 0 radical (unpaired) electrons. The molecule has 0 amide bonds. The quantitative estimate of drug-likeness (QED) is 0.740. The standard InChI is InChI=1S/C15H31NO/c1-12(2)10-16(11-13(3)4)9-8-14-6-5-7-15(14)17/h12-15,17H,5-11H2,1-4H3. The normalized spacial score (nSPS) is 25.4. The van der Waals surface area contributed by atoms with Crippen LogP contribution in [0.25, 0.3) is 0 Å². The van der Waals surface area contributed by atoms with Crippen molar-refractivity contribution >= 4 is 0 Å². The Morgan fingerprint density at radius 2 is 1.65 bits per heavy atom. The summed E-state index contributed by atoms with van der Waals surface area (Å²) in [5, 5.41) is 9.85. The van der Waals surface area contributed by atoms with Gasteiger partial charge >= 0.3 is 0 Å². The molecule has 2 atom stereocenters. The summed E-state index contributed by atoms with van der Waals surface area (Å²) in [4.78, 5) is 2.58. The van der Waals surface area contributed by atoms with Crippen LogP contribution in [0.2, 0.25) is 0 Å². The van der Waals surface area contributed by atoms with Gasteiger partial charge in [0.1, 0.15) is 0 Å². The van der Waals surface area contributed by atoms with Crippen LogP contribution in [0.5, 0.6) is 0 Å². The Balaban J connectivity index is 2.31. The molecule has 0 aliphatic heterocycles. The highest BCUT2D eigenvalue weighted by atomic mass is 16.3. The van der Waals surface area contributed by atoms with E-state index in [1.165, 1.54) is 32.4 Å². The zero-order valence-electron chi connectivity index (χ0n) is 12.2. The molecule has 1 N–H and O–H groups in total. The van der Waals surface area contributed by atoms with E-state index in [4.69, 9.17) is 0 Å². The van der Waals surface area contributed by atoms with Crippen LogP contribution in [0.1, 0.15) is 53.4 Å². The maximum absolute atomic E-state index is 9.85. The number of aliphatic hydroxyl groups excluding tert-OH is 1. The van der Waals surface area contributed by atoms with Crippen LogP contribution in [-0.4, -0.2) is 35.7 Å². The molecule has 2 unspecified atom stereocenters. The second-order valence-corrected chi connectivity index (χ2v) is 6.59. The molecular weight excluding hydrogens is 210 g/mol. The zero-order chi connectivity index (χ0) is 12.8. The lowest BCUT2D eigenvalue weighted by atomic mass is 10.0. The molecule has 1 aliphatic carbocycles. The Morgan fingerprint density at radius 1 is 1.06 bits per heavy atom. The molecule has 0 spiro atoms. The van der Waals surface area contributed by atoms with Crippen molar-refractivity contribution in [3.8, 4) is 0 Å². The number of hydrogen-bond donors (Lipinski definition) is 1. The number of aliphatic hydroxyl groups is 1. The highest BCUT2D eigenvalue weighted by Crippen LogP contribution is 2.28. The Bertz CT molecular complexity index is 193. The van der Waals surface area contributed by atoms with E-state index in [0.29, 0.717) is 5.92 Å². The first kappa shape index (κ1) is 15.0. The Labute approximate surface area is 107 Å². The van der Waals surface area contributed by atoms with Crippen LogP contribution in [0.4, 0.5) is 0 Å². The highest BCUT2D eigenvalue weighted by molar-refractivity contribution is 4.78. The van der Waals surface area contributed by atoms with Crippen LogP contribution >= 0.6 is 0 Å². The van der Waals surface area contributed by atoms with Crippen molar-refractivity contribution in [1.29, 1.82) is 0 Å². The van der Waals surface area contributed by atoms with Crippen molar-refractivity contribution in [2.75, 3.05) is 19.6 Å². The maximum Gasteiger partial charge on any atom is 0.0568 e. The highest BCUT2D eigenvalue weighted by Gasteiger charge is 2.25. The summed E-state index contributed by atoms with van der Waals surface area (Å²) in [6.07, 6.45) is 4.65. The van der Waals surface area contributed by atoms with E-state index in [9.17, 15) is 5.11 Å². The molecule has 0 heterocycles. The number of hydrogen-bond acceptors (Lipinski definition) is 2. The molecule has 1 fully saturated rings. The molecule has 1 aliphatic rings. The van der Waals surface area contributed by atoms with E-state index in [0.717, 1.165) is 24.8 Å². The van der Waals surface area contributed by atoms with E-state index in [2.05, 4.69) is 32.6 Å². The van der Waals surface area contributed by atoms with Crippen molar-refractivity contribution in [2.45, 2.75) is 59.5 Å². The van der Waals surface area contributed by atoms with Crippen molar-refractivity contribution in [3.05, 3.63) is 0 Å². The average molecular weight is 241 g/mol. The van der Waals surface area contributed by atoms with Crippen molar-refractivity contribution < 1.29 is 5.11 Å². The molecule has 2 heteroatoms. The summed E-state index contributed by atoms with van der Waals surface area (Å²) in [6, 6.07) is 0. The average Bonchev–Trinajstić information content (AvgIpc) is 2.59. The topological polar surface area (TPSA) is 23.5 Å². The Kier molecular flexibility index (Phi) is 6.50. The molecule has 0 saturated heterocycles. The van der Waals surface area contributed by atoms with E-state index < -0.39 is 0 Å². The molecule has 102 valence electrons. The van der Waals surface area contributed by atoms with Crippen molar-refractivity contribution in [1.82, 2.24) is 4.90 Å². The molecule has 0 aromatic heterocycles. The fourth-order valence-corrected chi connectivity index (χ4v) is 2.99. The summed E-state index contributed by atoms with van der Waals surface area (Å²) in [5.74, 6) is 2.04. The van der Waals surface area contributed by atoms with E-state index >= 15 is 0 Å². The maximum atomic E-state index is 9.85. The Morgan fingerprint density at radius 3 is 2.06 bits per heavy atom. The van der Waals surface area contributed by atoms with Gasteiger partial charge in [-0.15, -0.1) is 0 Å². The number of nitrogens with zero attached hydrogens (tertiary/aromatic N) is 1. The van der Waals surface area contributed by atoms with Gasteiger partial charge < -0.3 is 10.0 Å². The van der Waals surface area contributed by atoms with Gasteiger partial charge in [0, 0.05) is 13.1 Å². The summed E-state index contributed by atoms with van der Waals surface area (Å²) in [5.41, 5.74) is 0. The summed E-state index contributed by atoms with van der Waals surface area (Å²) < 4.78 is 0. The first-order chi connectivity index (χ1) is 7.99. The second-order valence-electron chi connectivity index (χ2n) is 6.59. The lowest BCUT2D eigenvalue weighted by molar-refractivity contribution is 0.114. The summed E-state index contributed by atoms with van der Waals surface area (Å²) in [6.45, 7) is 12.7. The summed E-state index contributed by atoms with van der Waals surface area (Å²) >= 11 is 0. The molecule has 0 aromatic rings. The first-order valence-corrected chi connectivity index (χ1v) is 7.39. The lowest BCUT2D eigenvalue weighted by Gasteiger charge is -2.27. The second kappa shape index (κ2) is 7.38. The van der Waals surface area contributed by atoms with E-state index in [1.54, 1.807) is 0 Å². The molecule has 17 heavy (non-hydrogen) atoms. The Hall–Kier alpha value is -0.0800. The minimum absolute atomic E-state index is 0.0186. The largest absolute Gasteiger partial charge is 0.393 e. The molecular formula is C15H31NO. The lowest BCUT2D eigenvalue weighted by Crippen LogP contribution is -2.33. The molecule has 0 aromatic carbocycles. The fraction of sp³-hybridized carbons (Fsp3) is 1.00. The van der Waals surface area contributed by atoms with Gasteiger partial charge in [-0.25, -0.2) is 0 Å². The van der Waals surface area contributed by atoms with Gasteiger partial charge in [-0.2, -0.15) is 0 Å². The third-order valence-corrected chi connectivity index (χ3v) is 3.68. The van der Waals surface area contributed by atoms with Crippen LogP contribution in [0.3, 0.4) is 0 Å². The monoisotopic (exact) mass is 241 g/mol. The van der Waals surface area contributed by atoms with Gasteiger partial charge in [0.15, 0.2) is 0 Å². The SMILES string of the molecule is CC(C)CN(CCC1CCCC1O)CC(C)C. The van der Waals surface area contributed by atoms with Crippen LogP contribution < -0.4 is 0 Å². The zero-order valence-corrected chi connectivity index (χ0v) is 12.2. The minimum atomic E-state index is -0.0186. The predicted octanol–water partition coefficient (Wildman–Crippen LogP) is 3.15. The van der Waals surface area contributed by atoms with Gasteiger partial charge in [-0.1, -0.05) is 34.1 Å².